The number of hydrogen-bond acceptors (Lipinski definition) is 5. The third-order valence-electron chi connectivity index (χ3n) is 3.52. The highest BCUT2D eigenvalue weighted by atomic mass is 32.1. The van der Waals surface area contributed by atoms with Crippen molar-refractivity contribution in [3.8, 4) is 5.75 Å². The van der Waals surface area contributed by atoms with Gasteiger partial charge in [0.05, 0.1) is 11.4 Å². The lowest BCUT2D eigenvalue weighted by Crippen LogP contribution is -2.27. The van der Waals surface area contributed by atoms with Crippen LogP contribution in [-0.4, -0.2) is 30.2 Å². The topological polar surface area (TPSA) is 87.7 Å². The summed E-state index contributed by atoms with van der Waals surface area (Å²) in [5, 5.41) is 12.4. The van der Waals surface area contributed by atoms with Crippen molar-refractivity contribution in [1.82, 2.24) is 10.8 Å². The van der Waals surface area contributed by atoms with Crippen LogP contribution in [0, 0.1) is 0 Å². The average Bonchev–Trinajstić information content (AvgIpc) is 3.09. The molecule has 0 aliphatic heterocycles. The van der Waals surface area contributed by atoms with Crippen LogP contribution in [-0.2, 0) is 0 Å². The molecule has 2 amide bonds. The van der Waals surface area contributed by atoms with Gasteiger partial charge in [-0.3, -0.25) is 14.8 Å². The minimum absolute atomic E-state index is 0.125. The molecule has 0 bridgehead atoms. The number of ether oxygens (including phenoxy) is 1. The second-order valence-corrected chi connectivity index (χ2v) is 6.30. The monoisotopic (exact) mass is 356 g/mol. The maximum Gasteiger partial charge on any atom is 0.274 e. The van der Waals surface area contributed by atoms with Crippen molar-refractivity contribution in [3.63, 3.8) is 0 Å². The Labute approximate surface area is 148 Å². The van der Waals surface area contributed by atoms with Crippen molar-refractivity contribution in [2.45, 2.75) is 0 Å². The van der Waals surface area contributed by atoms with E-state index < -0.39 is 5.91 Å². The molecule has 0 aliphatic rings. The van der Waals surface area contributed by atoms with Gasteiger partial charge in [-0.2, -0.15) is 0 Å². The lowest BCUT2D eigenvalue weighted by atomic mass is 10.2. The molecule has 2 aromatic carbocycles. The SMILES string of the molecule is O=C(NO)c1ccc(OCCNC(=O)c2cc3ccccc3s2)cc1. The maximum atomic E-state index is 12.2. The van der Waals surface area contributed by atoms with Crippen LogP contribution in [0.25, 0.3) is 10.1 Å². The molecular formula is C18H16N2O4S. The number of amides is 2. The van der Waals surface area contributed by atoms with E-state index in [9.17, 15) is 9.59 Å². The molecule has 0 radical (unpaired) electrons. The van der Waals surface area contributed by atoms with Crippen molar-refractivity contribution in [2.75, 3.05) is 13.2 Å². The van der Waals surface area contributed by atoms with Crippen LogP contribution >= 0.6 is 11.3 Å². The Morgan fingerprint density at radius 1 is 1.04 bits per heavy atom. The molecule has 1 heterocycles. The average molecular weight is 356 g/mol. The summed E-state index contributed by atoms with van der Waals surface area (Å²) >= 11 is 1.46. The first-order valence-electron chi connectivity index (χ1n) is 7.61. The second-order valence-electron chi connectivity index (χ2n) is 5.22. The second kappa shape index (κ2) is 7.78. The van der Waals surface area contributed by atoms with Crippen molar-refractivity contribution < 1.29 is 19.5 Å². The molecular weight excluding hydrogens is 340 g/mol. The van der Waals surface area contributed by atoms with Gasteiger partial charge in [0, 0.05) is 10.3 Å². The zero-order chi connectivity index (χ0) is 17.6. The van der Waals surface area contributed by atoms with Gasteiger partial charge in [0.25, 0.3) is 11.8 Å². The zero-order valence-corrected chi connectivity index (χ0v) is 14.0. The molecule has 7 heteroatoms. The molecule has 3 rings (SSSR count). The van der Waals surface area contributed by atoms with E-state index in [2.05, 4.69) is 5.32 Å². The van der Waals surface area contributed by atoms with Crippen molar-refractivity contribution in [3.05, 3.63) is 65.0 Å². The molecule has 128 valence electrons. The minimum Gasteiger partial charge on any atom is -0.492 e. The summed E-state index contributed by atoms with van der Waals surface area (Å²) in [4.78, 5) is 24.0. The number of thiophene rings is 1. The fourth-order valence-corrected chi connectivity index (χ4v) is 3.26. The quantitative estimate of drug-likeness (QED) is 0.360. The lowest BCUT2D eigenvalue weighted by Gasteiger charge is -2.07. The highest BCUT2D eigenvalue weighted by Gasteiger charge is 2.09. The number of hydrogen-bond donors (Lipinski definition) is 3. The predicted molar refractivity (Wildman–Crippen MR) is 95.3 cm³/mol. The van der Waals surface area contributed by atoms with E-state index in [1.54, 1.807) is 17.6 Å². The maximum absolute atomic E-state index is 12.2. The Morgan fingerprint density at radius 2 is 1.80 bits per heavy atom. The van der Waals surface area contributed by atoms with E-state index in [-0.39, 0.29) is 5.91 Å². The van der Waals surface area contributed by atoms with Gasteiger partial charge >= 0.3 is 0 Å². The standard InChI is InChI=1S/C18H16N2O4S/c21-17(20-23)12-5-7-14(8-6-12)24-10-9-19-18(22)16-11-13-3-1-2-4-15(13)25-16/h1-8,11,23H,9-10H2,(H,19,22)(H,20,21). The normalized spacial score (nSPS) is 10.4. The highest BCUT2D eigenvalue weighted by Crippen LogP contribution is 2.24. The molecule has 3 N–H and O–H groups in total. The van der Waals surface area contributed by atoms with Crippen LogP contribution in [0.4, 0.5) is 0 Å². The van der Waals surface area contributed by atoms with Crippen LogP contribution in [0.5, 0.6) is 5.75 Å². The Bertz CT molecular complexity index is 856. The third kappa shape index (κ3) is 4.14. The van der Waals surface area contributed by atoms with Crippen molar-refractivity contribution in [2.24, 2.45) is 0 Å². The molecule has 0 atom stereocenters. The van der Waals surface area contributed by atoms with E-state index in [1.165, 1.54) is 23.5 Å². The number of nitrogens with one attached hydrogen (secondary N) is 2. The van der Waals surface area contributed by atoms with Gasteiger partial charge in [0.15, 0.2) is 0 Å². The van der Waals surface area contributed by atoms with Crippen molar-refractivity contribution in [1.29, 1.82) is 0 Å². The lowest BCUT2D eigenvalue weighted by molar-refractivity contribution is 0.0706. The molecule has 6 nitrogen and oxygen atoms in total. The van der Waals surface area contributed by atoms with E-state index in [1.807, 2.05) is 30.3 Å². The summed E-state index contributed by atoms with van der Waals surface area (Å²) in [6.45, 7) is 0.675. The number of benzene rings is 2. The number of hydroxylamine groups is 1. The summed E-state index contributed by atoms with van der Waals surface area (Å²) in [5.41, 5.74) is 1.89. The van der Waals surface area contributed by atoms with E-state index in [4.69, 9.17) is 9.94 Å². The van der Waals surface area contributed by atoms with Gasteiger partial charge in [0.2, 0.25) is 0 Å². The summed E-state index contributed by atoms with van der Waals surface area (Å²) in [6.07, 6.45) is 0. The summed E-state index contributed by atoms with van der Waals surface area (Å²) in [7, 11) is 0. The van der Waals surface area contributed by atoms with Crippen LogP contribution < -0.4 is 15.5 Å². The summed E-state index contributed by atoms with van der Waals surface area (Å²) < 4.78 is 6.59. The first-order valence-corrected chi connectivity index (χ1v) is 8.43. The summed E-state index contributed by atoms with van der Waals surface area (Å²) in [5.74, 6) is -0.132. The summed E-state index contributed by atoms with van der Waals surface area (Å²) in [6, 6.07) is 16.1. The van der Waals surface area contributed by atoms with Crippen LogP contribution in [0.15, 0.2) is 54.6 Å². The Morgan fingerprint density at radius 3 is 2.52 bits per heavy atom. The Balaban J connectivity index is 1.47. The van der Waals surface area contributed by atoms with E-state index in [0.29, 0.717) is 29.3 Å². The van der Waals surface area contributed by atoms with Crippen LogP contribution in [0.3, 0.4) is 0 Å². The fourth-order valence-electron chi connectivity index (χ4n) is 2.28. The molecule has 1 aromatic heterocycles. The third-order valence-corrected chi connectivity index (χ3v) is 4.64. The van der Waals surface area contributed by atoms with Crippen LogP contribution in [0.2, 0.25) is 0 Å². The molecule has 0 saturated carbocycles. The highest BCUT2D eigenvalue weighted by molar-refractivity contribution is 7.20. The van der Waals surface area contributed by atoms with Gasteiger partial charge < -0.3 is 10.1 Å². The molecule has 0 unspecified atom stereocenters. The first-order chi connectivity index (χ1) is 12.2. The smallest absolute Gasteiger partial charge is 0.274 e. The zero-order valence-electron chi connectivity index (χ0n) is 13.2. The minimum atomic E-state index is -0.581. The fraction of sp³-hybridized carbons (Fsp3) is 0.111. The first kappa shape index (κ1) is 16.9. The molecule has 0 fully saturated rings. The van der Waals surface area contributed by atoms with Gasteiger partial charge in [-0.05, 0) is 41.8 Å². The van der Waals surface area contributed by atoms with Crippen molar-refractivity contribution >= 4 is 33.2 Å². The number of fused-ring (bicyclic) bond motifs is 1. The number of rotatable bonds is 6. The van der Waals surface area contributed by atoms with Gasteiger partial charge in [-0.15, -0.1) is 11.3 Å². The molecule has 0 saturated heterocycles. The van der Waals surface area contributed by atoms with Crippen LogP contribution in [0.1, 0.15) is 20.0 Å². The van der Waals surface area contributed by atoms with Gasteiger partial charge in [-0.25, -0.2) is 5.48 Å². The van der Waals surface area contributed by atoms with Gasteiger partial charge in [0.1, 0.15) is 12.4 Å². The van der Waals surface area contributed by atoms with E-state index in [0.717, 1.165) is 10.1 Å². The van der Waals surface area contributed by atoms with Gasteiger partial charge in [-0.1, -0.05) is 18.2 Å². The predicted octanol–water partition coefficient (Wildman–Crippen LogP) is 2.83. The number of carbonyl (C=O) groups excluding carboxylic acids is 2. The Kier molecular flexibility index (Phi) is 5.27. The molecule has 0 aliphatic carbocycles. The molecule has 0 spiro atoms. The largest absolute Gasteiger partial charge is 0.492 e. The molecule has 3 aromatic rings. The van der Waals surface area contributed by atoms with E-state index >= 15 is 0 Å². The Hall–Kier alpha value is -2.90. The number of carbonyl (C=O) groups is 2. The molecule has 25 heavy (non-hydrogen) atoms.